The number of rotatable bonds is 3. The van der Waals surface area contributed by atoms with E-state index in [0.717, 1.165) is 17.7 Å². The van der Waals surface area contributed by atoms with Crippen LogP contribution in [0.5, 0.6) is 0 Å². The number of ketones is 1. The van der Waals surface area contributed by atoms with Gasteiger partial charge in [0.25, 0.3) is 0 Å². The van der Waals surface area contributed by atoms with Crippen LogP contribution in [-0.4, -0.2) is 5.78 Å². The first-order valence-corrected chi connectivity index (χ1v) is 6.21. The maximum atomic E-state index is 11.7. The highest BCUT2D eigenvalue weighted by molar-refractivity contribution is 7.14. The average Bonchev–Trinajstić information content (AvgIpc) is 2.69. The van der Waals surface area contributed by atoms with Gasteiger partial charge in [-0.05, 0) is 37.3 Å². The summed E-state index contributed by atoms with van der Waals surface area (Å²) >= 11 is 1.68. The molecule has 2 heteroatoms. The van der Waals surface area contributed by atoms with Crippen molar-refractivity contribution in [1.82, 2.24) is 0 Å². The summed E-state index contributed by atoms with van der Waals surface area (Å²) in [7, 11) is 0. The topological polar surface area (TPSA) is 17.1 Å². The van der Waals surface area contributed by atoms with Crippen molar-refractivity contribution >= 4 is 17.1 Å². The van der Waals surface area contributed by atoms with Gasteiger partial charge in [0, 0.05) is 17.7 Å². The molecule has 0 spiro atoms. The van der Waals surface area contributed by atoms with Crippen molar-refractivity contribution < 1.29 is 4.79 Å². The van der Waals surface area contributed by atoms with E-state index in [1.54, 1.807) is 11.3 Å². The maximum Gasteiger partial charge on any atom is 0.173 e. The zero-order valence-electron chi connectivity index (χ0n) is 8.71. The smallest absolute Gasteiger partial charge is 0.173 e. The summed E-state index contributed by atoms with van der Waals surface area (Å²) in [5.74, 6) is 2.73. The molecule has 1 aromatic heterocycles. The van der Waals surface area contributed by atoms with E-state index in [0.29, 0.717) is 12.8 Å². The van der Waals surface area contributed by atoms with Crippen LogP contribution < -0.4 is 0 Å². The lowest BCUT2D eigenvalue weighted by Gasteiger charge is -2.08. The van der Waals surface area contributed by atoms with Gasteiger partial charge in [0.15, 0.2) is 5.78 Å². The fourth-order valence-electron chi connectivity index (χ4n) is 1.94. The molecule has 0 saturated heterocycles. The van der Waals surface area contributed by atoms with Crippen molar-refractivity contribution in [2.75, 3.05) is 0 Å². The van der Waals surface area contributed by atoms with Gasteiger partial charge < -0.3 is 0 Å². The molecule has 1 nitrogen and oxygen atoms in total. The van der Waals surface area contributed by atoms with Crippen molar-refractivity contribution in [1.29, 1.82) is 0 Å². The number of thiophene rings is 1. The first-order valence-electron chi connectivity index (χ1n) is 5.39. The Morgan fingerprint density at radius 2 is 2.27 bits per heavy atom. The van der Waals surface area contributed by atoms with E-state index in [2.05, 4.69) is 12.0 Å². The van der Waals surface area contributed by atoms with Crippen LogP contribution in [0.2, 0.25) is 0 Å². The zero-order chi connectivity index (χ0) is 10.7. The Morgan fingerprint density at radius 3 is 3.00 bits per heavy atom. The van der Waals surface area contributed by atoms with Crippen molar-refractivity contribution in [3.8, 4) is 12.3 Å². The summed E-state index contributed by atoms with van der Waals surface area (Å²) in [5.41, 5.74) is 1.40. The third-order valence-electron chi connectivity index (χ3n) is 2.77. The van der Waals surface area contributed by atoms with Gasteiger partial charge in [-0.2, -0.15) is 0 Å². The fourth-order valence-corrected chi connectivity index (χ4v) is 3.16. The molecule has 0 atom stereocenters. The molecule has 0 bridgehead atoms. The van der Waals surface area contributed by atoms with E-state index < -0.39 is 0 Å². The zero-order valence-corrected chi connectivity index (χ0v) is 9.53. The molecule has 0 unspecified atom stereocenters. The normalized spacial score (nSPS) is 14.3. The number of hydrogen-bond acceptors (Lipinski definition) is 2. The summed E-state index contributed by atoms with van der Waals surface area (Å²) in [4.78, 5) is 14.1. The van der Waals surface area contributed by atoms with Gasteiger partial charge in [-0.3, -0.25) is 4.79 Å². The number of carbonyl (C=O) groups is 1. The molecule has 2 rings (SSSR count). The van der Waals surface area contributed by atoms with Crippen molar-refractivity contribution in [2.24, 2.45) is 0 Å². The number of terminal acetylenes is 1. The number of hydrogen-bond donors (Lipinski definition) is 0. The Labute approximate surface area is 94.5 Å². The molecule has 0 saturated carbocycles. The van der Waals surface area contributed by atoms with Gasteiger partial charge in [-0.25, -0.2) is 0 Å². The van der Waals surface area contributed by atoms with E-state index in [9.17, 15) is 4.79 Å². The molecule has 1 aromatic rings. The lowest BCUT2D eigenvalue weighted by Crippen LogP contribution is -1.97. The monoisotopic (exact) mass is 218 g/mol. The van der Waals surface area contributed by atoms with E-state index in [4.69, 9.17) is 6.42 Å². The summed E-state index contributed by atoms with van der Waals surface area (Å²) in [5, 5.41) is 0. The summed E-state index contributed by atoms with van der Waals surface area (Å²) < 4.78 is 0. The number of Topliss-reactive ketones (excluding diaryl/α,β-unsaturated/α-hetero) is 1. The Bertz CT molecular complexity index is 385. The van der Waals surface area contributed by atoms with Crippen LogP contribution in [-0.2, 0) is 12.8 Å². The van der Waals surface area contributed by atoms with Crippen molar-refractivity contribution in [2.45, 2.75) is 38.5 Å². The van der Waals surface area contributed by atoms with E-state index in [-0.39, 0.29) is 5.78 Å². The number of carbonyl (C=O) groups excluding carboxylic acids is 1. The van der Waals surface area contributed by atoms with E-state index in [1.165, 1.54) is 23.3 Å². The van der Waals surface area contributed by atoms with Gasteiger partial charge >= 0.3 is 0 Å². The quantitative estimate of drug-likeness (QED) is 0.562. The SMILES string of the molecule is C#CCCC(=O)c1cc2c(s1)CCCC2. The Hall–Kier alpha value is -1.07. The molecule has 0 fully saturated rings. The molecule has 0 N–H and O–H groups in total. The first kappa shape index (κ1) is 10.4. The second-order valence-corrected chi connectivity index (χ2v) is 5.03. The molecule has 0 aliphatic heterocycles. The van der Waals surface area contributed by atoms with Gasteiger partial charge in [0.2, 0.25) is 0 Å². The van der Waals surface area contributed by atoms with Crippen molar-refractivity contribution in [3.63, 3.8) is 0 Å². The molecule has 78 valence electrons. The molecule has 1 aliphatic rings. The molecule has 1 aliphatic carbocycles. The molecule has 15 heavy (non-hydrogen) atoms. The van der Waals surface area contributed by atoms with Gasteiger partial charge in [0.05, 0.1) is 4.88 Å². The lowest BCUT2D eigenvalue weighted by molar-refractivity contribution is 0.0988. The largest absolute Gasteiger partial charge is 0.293 e. The first-order chi connectivity index (χ1) is 7.31. The van der Waals surface area contributed by atoms with Gasteiger partial charge in [0.1, 0.15) is 0 Å². The Kier molecular flexibility index (Phi) is 3.23. The van der Waals surface area contributed by atoms with Crippen LogP contribution in [0.15, 0.2) is 6.07 Å². The predicted molar refractivity (Wildman–Crippen MR) is 63.4 cm³/mol. The Morgan fingerprint density at radius 1 is 1.47 bits per heavy atom. The highest BCUT2D eigenvalue weighted by Gasteiger charge is 2.16. The molecular weight excluding hydrogens is 204 g/mol. The summed E-state index contributed by atoms with van der Waals surface area (Å²) in [6.07, 6.45) is 11.0. The highest BCUT2D eigenvalue weighted by atomic mass is 32.1. The van der Waals surface area contributed by atoms with Gasteiger partial charge in [-0.1, -0.05) is 0 Å². The van der Waals surface area contributed by atoms with E-state index in [1.807, 2.05) is 0 Å². The minimum absolute atomic E-state index is 0.215. The summed E-state index contributed by atoms with van der Waals surface area (Å²) in [6.45, 7) is 0. The predicted octanol–water partition coefficient (Wildman–Crippen LogP) is 3.22. The van der Waals surface area contributed by atoms with E-state index >= 15 is 0 Å². The third-order valence-corrected chi connectivity index (χ3v) is 4.05. The maximum absolute atomic E-state index is 11.7. The van der Waals surface area contributed by atoms with Crippen LogP contribution in [0.3, 0.4) is 0 Å². The van der Waals surface area contributed by atoms with Crippen LogP contribution in [0.25, 0.3) is 0 Å². The Balaban J connectivity index is 2.12. The molecule has 0 radical (unpaired) electrons. The minimum Gasteiger partial charge on any atom is -0.293 e. The fraction of sp³-hybridized carbons (Fsp3) is 0.462. The molecule has 0 aromatic carbocycles. The van der Waals surface area contributed by atoms with Crippen LogP contribution in [0.4, 0.5) is 0 Å². The second-order valence-electron chi connectivity index (χ2n) is 3.89. The summed E-state index contributed by atoms with van der Waals surface area (Å²) in [6, 6.07) is 2.08. The van der Waals surface area contributed by atoms with Crippen LogP contribution in [0, 0.1) is 12.3 Å². The number of fused-ring (bicyclic) bond motifs is 1. The average molecular weight is 218 g/mol. The highest BCUT2D eigenvalue weighted by Crippen LogP contribution is 2.30. The standard InChI is InChI=1S/C13H14OS/c1-2-3-7-11(14)13-9-10-6-4-5-8-12(10)15-13/h1,9H,3-8H2. The van der Waals surface area contributed by atoms with Crippen molar-refractivity contribution in [3.05, 3.63) is 21.4 Å². The minimum atomic E-state index is 0.215. The lowest BCUT2D eigenvalue weighted by atomic mass is 9.99. The third kappa shape index (κ3) is 2.30. The van der Waals surface area contributed by atoms with Crippen LogP contribution in [0.1, 0.15) is 45.8 Å². The van der Waals surface area contributed by atoms with Gasteiger partial charge in [-0.15, -0.1) is 23.7 Å². The second kappa shape index (κ2) is 4.63. The molecular formula is C13H14OS. The molecule has 1 heterocycles. The number of aryl methyl sites for hydroxylation is 2. The van der Waals surface area contributed by atoms with Crippen LogP contribution >= 0.6 is 11.3 Å². The molecule has 0 amide bonds.